The zero-order valence-electron chi connectivity index (χ0n) is 7.47. The summed E-state index contributed by atoms with van der Waals surface area (Å²) in [6.07, 6.45) is 0. The van der Waals surface area contributed by atoms with Crippen LogP contribution >= 0.6 is 0 Å². The predicted molar refractivity (Wildman–Crippen MR) is 45.1 cm³/mol. The molecule has 0 radical (unpaired) electrons. The number of rotatable bonds is 1. The van der Waals surface area contributed by atoms with Gasteiger partial charge in [0.25, 0.3) is 0 Å². The number of benzene rings is 1. The molecule has 0 unspecified atom stereocenters. The van der Waals surface area contributed by atoms with Crippen LogP contribution in [0.1, 0.15) is 6.92 Å². The van der Waals surface area contributed by atoms with Gasteiger partial charge in [-0.1, -0.05) is 0 Å². The third-order valence-electron chi connectivity index (χ3n) is 1.81. The number of hydrogen-bond acceptors (Lipinski definition) is 1. The summed E-state index contributed by atoms with van der Waals surface area (Å²) in [5, 5.41) is 0. The van der Waals surface area contributed by atoms with Crippen LogP contribution in [0.3, 0.4) is 0 Å². The Morgan fingerprint density at radius 2 is 2.15 bits per heavy atom. The van der Waals surface area contributed by atoms with Crippen molar-refractivity contribution >= 4 is 15.5 Å². The fourth-order valence-electron chi connectivity index (χ4n) is 0.904. The molecular weight excluding hydrogens is 205 g/mol. The Morgan fingerprint density at radius 3 is 2.62 bits per heavy atom. The summed E-state index contributed by atoms with van der Waals surface area (Å²) in [5.74, 6) is -0.313. The average molecular weight is 214 g/mol. The second-order valence-corrected chi connectivity index (χ2v) is 3.58. The van der Waals surface area contributed by atoms with Crippen molar-refractivity contribution in [2.24, 2.45) is 0 Å². The van der Waals surface area contributed by atoms with Crippen LogP contribution < -0.4 is 8.77 Å². The number of halogens is 1. The molecule has 4 heteroatoms. The maximum atomic E-state index is 12.9. The molecule has 0 fully saturated rings. The summed E-state index contributed by atoms with van der Waals surface area (Å²) >= 11 is 1.67. The number of anilines is 1. The van der Waals surface area contributed by atoms with Crippen LogP contribution in [0, 0.1) is 5.82 Å². The zero-order chi connectivity index (χ0) is 10.0. The van der Waals surface area contributed by atoms with Gasteiger partial charge in [0, 0.05) is 0 Å². The second kappa shape index (κ2) is 4.03. The van der Waals surface area contributed by atoms with E-state index in [0.717, 1.165) is 0 Å². The van der Waals surface area contributed by atoms with Gasteiger partial charge >= 0.3 is 88.0 Å². The molecule has 1 aromatic rings. The van der Waals surface area contributed by atoms with Gasteiger partial charge in [-0.05, 0) is 0 Å². The van der Waals surface area contributed by atoms with Crippen LogP contribution in [0.4, 0.5) is 10.1 Å². The van der Waals surface area contributed by atoms with E-state index in [1.54, 1.807) is 39.6 Å². The molecule has 0 saturated heterocycles. The van der Waals surface area contributed by atoms with E-state index >= 15 is 0 Å². The molecule has 0 aliphatic rings. The summed E-state index contributed by atoms with van der Waals surface area (Å²) in [5.41, 5.74) is 0.714. The Labute approximate surface area is 88.1 Å². The number of carbonyl (C=O) groups excluding carboxylic acids is 1. The van der Waals surface area contributed by atoms with Crippen LogP contribution in [0.15, 0.2) is 18.2 Å². The Hall–Kier alpha value is -0.666. The SMILES string of the molecule is CC(=O)N(C)c1ccc(F)[c]([Ti])c1. The third-order valence-corrected chi connectivity index (χ3v) is 2.41. The van der Waals surface area contributed by atoms with Gasteiger partial charge < -0.3 is 0 Å². The minimum atomic E-state index is -0.249. The predicted octanol–water partition coefficient (Wildman–Crippen LogP) is 0.981. The maximum absolute atomic E-state index is 12.9. The first-order valence-corrected chi connectivity index (χ1v) is 4.56. The van der Waals surface area contributed by atoms with Crippen LogP contribution in [0.5, 0.6) is 0 Å². The summed E-state index contributed by atoms with van der Waals surface area (Å²) in [6, 6.07) is 4.60. The first kappa shape index (κ1) is 10.4. The van der Waals surface area contributed by atoms with Crippen LogP contribution in [0.25, 0.3) is 0 Å². The van der Waals surface area contributed by atoms with Crippen molar-refractivity contribution in [3.05, 3.63) is 24.0 Å². The molecule has 2 nitrogen and oxygen atoms in total. The molecule has 1 amide bonds. The summed E-state index contributed by atoms with van der Waals surface area (Å²) in [4.78, 5) is 12.5. The van der Waals surface area contributed by atoms with Crippen molar-refractivity contribution in [3.63, 3.8) is 0 Å². The zero-order valence-corrected chi connectivity index (χ0v) is 9.03. The average Bonchev–Trinajstić information content (AvgIpc) is 2.08. The molecular formula is C9H9FNOTi. The molecule has 0 aliphatic carbocycles. The molecule has 1 aromatic carbocycles. The fraction of sp³-hybridized carbons (Fsp3) is 0.222. The van der Waals surface area contributed by atoms with Crippen molar-refractivity contribution in [1.82, 2.24) is 0 Å². The number of amides is 1. The van der Waals surface area contributed by atoms with Gasteiger partial charge in [-0.25, -0.2) is 0 Å². The van der Waals surface area contributed by atoms with Crippen molar-refractivity contribution in [3.8, 4) is 0 Å². The van der Waals surface area contributed by atoms with E-state index in [9.17, 15) is 9.18 Å². The van der Waals surface area contributed by atoms with Crippen LogP contribution in [-0.2, 0) is 25.2 Å². The third kappa shape index (κ3) is 2.39. The van der Waals surface area contributed by atoms with E-state index in [-0.39, 0.29) is 11.7 Å². The van der Waals surface area contributed by atoms with E-state index in [1.165, 1.54) is 17.9 Å². The van der Waals surface area contributed by atoms with E-state index in [1.807, 2.05) is 0 Å². The van der Waals surface area contributed by atoms with Crippen molar-refractivity contribution < 1.29 is 29.6 Å². The number of hydrogen-bond donors (Lipinski definition) is 0. The van der Waals surface area contributed by atoms with E-state index < -0.39 is 0 Å². The summed E-state index contributed by atoms with van der Waals surface area (Å²) in [6.45, 7) is 1.47. The van der Waals surface area contributed by atoms with Gasteiger partial charge in [-0.15, -0.1) is 0 Å². The topological polar surface area (TPSA) is 20.3 Å². The van der Waals surface area contributed by atoms with Gasteiger partial charge in [0.15, 0.2) is 0 Å². The molecule has 0 heterocycles. The quantitative estimate of drug-likeness (QED) is 0.638. The van der Waals surface area contributed by atoms with Gasteiger partial charge in [0.2, 0.25) is 0 Å². The van der Waals surface area contributed by atoms with Gasteiger partial charge in [-0.3, -0.25) is 0 Å². The Morgan fingerprint density at radius 1 is 1.54 bits per heavy atom. The van der Waals surface area contributed by atoms with Crippen molar-refractivity contribution in [2.75, 3.05) is 11.9 Å². The minimum absolute atomic E-state index is 0.0639. The standard InChI is InChI=1S/C9H9FNO.Ti/c1-7(12)11(2)9-5-3-8(10)4-6-9;/h3,5-6H,1-2H3;. The van der Waals surface area contributed by atoms with Crippen molar-refractivity contribution in [1.29, 1.82) is 0 Å². The molecule has 0 spiro atoms. The normalized spacial score (nSPS) is 9.69. The Bertz CT molecular complexity index is 340. The van der Waals surface area contributed by atoms with Gasteiger partial charge in [-0.2, -0.15) is 0 Å². The number of nitrogens with zero attached hydrogens (tertiary/aromatic N) is 1. The summed E-state index contributed by atoms with van der Waals surface area (Å²) < 4.78 is 13.4. The van der Waals surface area contributed by atoms with Gasteiger partial charge in [0.1, 0.15) is 0 Å². The molecule has 13 heavy (non-hydrogen) atoms. The molecule has 0 aromatic heterocycles. The van der Waals surface area contributed by atoms with Gasteiger partial charge in [0.05, 0.1) is 0 Å². The number of carbonyl (C=O) groups is 1. The molecule has 0 bridgehead atoms. The van der Waals surface area contributed by atoms with E-state index in [0.29, 0.717) is 9.56 Å². The van der Waals surface area contributed by atoms with Crippen LogP contribution in [0.2, 0.25) is 0 Å². The van der Waals surface area contributed by atoms with E-state index in [2.05, 4.69) is 0 Å². The molecule has 0 saturated carbocycles. The molecule has 1 rings (SSSR count). The monoisotopic (exact) mass is 214 g/mol. The molecule has 0 atom stereocenters. The fourth-order valence-corrected chi connectivity index (χ4v) is 1.26. The Kier molecular flexibility index (Phi) is 3.23. The first-order valence-electron chi connectivity index (χ1n) is 3.78. The first-order chi connectivity index (χ1) is 6.02. The molecule has 0 N–H and O–H groups in total. The summed E-state index contributed by atoms with van der Waals surface area (Å²) in [7, 11) is 1.66. The van der Waals surface area contributed by atoms with Crippen molar-refractivity contribution in [2.45, 2.75) is 6.92 Å². The molecule has 67 valence electrons. The second-order valence-electron chi connectivity index (χ2n) is 2.74. The molecule has 0 aliphatic heterocycles. The van der Waals surface area contributed by atoms with Crippen LogP contribution in [-0.4, -0.2) is 13.0 Å². The van der Waals surface area contributed by atoms with E-state index in [4.69, 9.17) is 0 Å². The Balaban J connectivity index is 3.03.